The van der Waals surface area contributed by atoms with Gasteiger partial charge in [0.05, 0.1) is 0 Å². The SMILES string of the molecule is CCc1[c]cc(C)cc1. The molecule has 0 spiro atoms. The molecule has 1 radical (unpaired) electrons. The maximum Gasteiger partial charge on any atom is -0.0147 e. The fourth-order valence-electron chi connectivity index (χ4n) is 0.755. The van der Waals surface area contributed by atoms with E-state index in [9.17, 15) is 0 Å². The molecule has 0 amide bonds. The molecule has 0 atom stereocenters. The molecule has 0 unspecified atom stereocenters. The zero-order chi connectivity index (χ0) is 6.69. The van der Waals surface area contributed by atoms with Gasteiger partial charge >= 0.3 is 0 Å². The van der Waals surface area contributed by atoms with Crippen LogP contribution in [0, 0.1) is 13.0 Å². The summed E-state index contributed by atoms with van der Waals surface area (Å²) in [5.74, 6) is 0. The second-order valence-electron chi connectivity index (χ2n) is 2.24. The van der Waals surface area contributed by atoms with Gasteiger partial charge in [0.15, 0.2) is 0 Å². The van der Waals surface area contributed by atoms with Gasteiger partial charge in [0.2, 0.25) is 0 Å². The van der Waals surface area contributed by atoms with Crippen LogP contribution in [-0.4, -0.2) is 0 Å². The summed E-state index contributed by atoms with van der Waals surface area (Å²) in [6.45, 7) is 4.22. The molecular weight excluding hydrogens is 108 g/mol. The van der Waals surface area contributed by atoms with Gasteiger partial charge in [-0.2, -0.15) is 0 Å². The molecule has 0 nitrogen and oxygen atoms in total. The third-order valence-electron chi connectivity index (χ3n) is 1.41. The van der Waals surface area contributed by atoms with Crippen LogP contribution in [0.5, 0.6) is 0 Å². The van der Waals surface area contributed by atoms with E-state index >= 15 is 0 Å². The smallest absolute Gasteiger partial charge is 0.0147 e. The lowest BCUT2D eigenvalue weighted by Crippen LogP contribution is -1.78. The Bertz CT molecular complexity index is 172. The highest BCUT2D eigenvalue weighted by atomic mass is 13.9. The summed E-state index contributed by atoms with van der Waals surface area (Å²) in [5, 5.41) is 0. The average molecular weight is 119 g/mol. The van der Waals surface area contributed by atoms with Crippen LogP contribution in [0.4, 0.5) is 0 Å². The molecule has 0 bridgehead atoms. The van der Waals surface area contributed by atoms with Gasteiger partial charge in [-0.05, 0) is 25.0 Å². The molecule has 0 aliphatic heterocycles. The maximum atomic E-state index is 3.19. The summed E-state index contributed by atoms with van der Waals surface area (Å²) >= 11 is 0. The number of hydrogen-bond acceptors (Lipinski definition) is 0. The lowest BCUT2D eigenvalue weighted by Gasteiger charge is -1.93. The van der Waals surface area contributed by atoms with Crippen molar-refractivity contribution in [2.75, 3.05) is 0 Å². The molecule has 1 rings (SSSR count). The molecular formula is C9H11. The highest BCUT2D eigenvalue weighted by Crippen LogP contribution is 2.01. The van der Waals surface area contributed by atoms with E-state index in [1.807, 2.05) is 6.07 Å². The quantitative estimate of drug-likeness (QED) is 0.532. The summed E-state index contributed by atoms with van der Waals surface area (Å²) < 4.78 is 0. The Balaban J connectivity index is 2.88. The standard InChI is InChI=1S/C9H11/c1-3-9-6-4-8(2)5-7-9/h4-6H,3H2,1-2H3. The Morgan fingerprint density at radius 1 is 1.44 bits per heavy atom. The zero-order valence-corrected chi connectivity index (χ0v) is 5.94. The van der Waals surface area contributed by atoms with Gasteiger partial charge < -0.3 is 0 Å². The first-order valence-corrected chi connectivity index (χ1v) is 3.30. The summed E-state index contributed by atoms with van der Waals surface area (Å²) in [5.41, 5.74) is 2.58. The molecule has 1 aromatic rings. The molecule has 0 saturated carbocycles. The van der Waals surface area contributed by atoms with Crippen LogP contribution in [0.25, 0.3) is 0 Å². The largest absolute Gasteiger partial charge is 0.0613 e. The van der Waals surface area contributed by atoms with E-state index in [4.69, 9.17) is 0 Å². The first-order valence-electron chi connectivity index (χ1n) is 3.30. The van der Waals surface area contributed by atoms with Crippen LogP contribution >= 0.6 is 0 Å². The van der Waals surface area contributed by atoms with Gasteiger partial charge in [-0.15, -0.1) is 0 Å². The lowest BCUT2D eigenvalue weighted by atomic mass is 10.1. The Morgan fingerprint density at radius 3 is 2.67 bits per heavy atom. The Hall–Kier alpha value is -0.780. The van der Waals surface area contributed by atoms with Crippen molar-refractivity contribution in [2.45, 2.75) is 20.3 Å². The van der Waals surface area contributed by atoms with E-state index in [0.717, 1.165) is 6.42 Å². The summed E-state index contributed by atoms with van der Waals surface area (Å²) in [6.07, 6.45) is 1.08. The van der Waals surface area contributed by atoms with Crippen LogP contribution in [0.15, 0.2) is 18.2 Å². The Morgan fingerprint density at radius 2 is 2.22 bits per heavy atom. The zero-order valence-electron chi connectivity index (χ0n) is 5.94. The average Bonchev–Trinajstić information content (AvgIpc) is 1.90. The predicted molar refractivity (Wildman–Crippen MR) is 39.4 cm³/mol. The van der Waals surface area contributed by atoms with Gasteiger partial charge in [0.1, 0.15) is 0 Å². The topological polar surface area (TPSA) is 0 Å². The minimum Gasteiger partial charge on any atom is -0.0613 e. The predicted octanol–water partition coefficient (Wildman–Crippen LogP) is 2.36. The number of rotatable bonds is 1. The van der Waals surface area contributed by atoms with E-state index in [0.29, 0.717) is 0 Å². The molecule has 47 valence electrons. The molecule has 0 aliphatic rings. The maximum absolute atomic E-state index is 3.19. The van der Waals surface area contributed by atoms with E-state index in [2.05, 4.69) is 32.0 Å². The second-order valence-corrected chi connectivity index (χ2v) is 2.24. The van der Waals surface area contributed by atoms with Crippen molar-refractivity contribution in [1.29, 1.82) is 0 Å². The first-order chi connectivity index (χ1) is 4.33. The summed E-state index contributed by atoms with van der Waals surface area (Å²) in [4.78, 5) is 0. The molecule has 0 fully saturated rings. The fraction of sp³-hybridized carbons (Fsp3) is 0.333. The molecule has 0 heteroatoms. The van der Waals surface area contributed by atoms with E-state index in [1.165, 1.54) is 11.1 Å². The van der Waals surface area contributed by atoms with Crippen LogP contribution in [0.3, 0.4) is 0 Å². The Labute approximate surface area is 56.5 Å². The lowest BCUT2D eigenvalue weighted by molar-refractivity contribution is 1.13. The number of hydrogen-bond donors (Lipinski definition) is 0. The van der Waals surface area contributed by atoms with Gasteiger partial charge in [-0.1, -0.05) is 30.7 Å². The van der Waals surface area contributed by atoms with Crippen LogP contribution < -0.4 is 0 Å². The number of aryl methyl sites for hydroxylation is 2. The minimum atomic E-state index is 1.08. The van der Waals surface area contributed by atoms with Crippen molar-refractivity contribution in [3.8, 4) is 0 Å². The molecule has 0 saturated heterocycles. The van der Waals surface area contributed by atoms with Gasteiger partial charge in [0, 0.05) is 0 Å². The first kappa shape index (κ1) is 6.34. The highest BCUT2D eigenvalue weighted by Gasteiger charge is 1.85. The fourth-order valence-corrected chi connectivity index (χ4v) is 0.755. The third-order valence-corrected chi connectivity index (χ3v) is 1.41. The van der Waals surface area contributed by atoms with Crippen molar-refractivity contribution < 1.29 is 0 Å². The van der Waals surface area contributed by atoms with E-state index in [-0.39, 0.29) is 0 Å². The third kappa shape index (κ3) is 1.56. The molecule has 0 heterocycles. The molecule has 0 N–H and O–H groups in total. The van der Waals surface area contributed by atoms with E-state index < -0.39 is 0 Å². The van der Waals surface area contributed by atoms with Crippen LogP contribution in [0.1, 0.15) is 18.1 Å². The second kappa shape index (κ2) is 2.67. The van der Waals surface area contributed by atoms with E-state index in [1.54, 1.807) is 0 Å². The normalized spacial score (nSPS) is 9.56. The Kier molecular flexibility index (Phi) is 1.88. The van der Waals surface area contributed by atoms with Gasteiger partial charge in [-0.25, -0.2) is 0 Å². The van der Waals surface area contributed by atoms with Crippen molar-refractivity contribution >= 4 is 0 Å². The van der Waals surface area contributed by atoms with Crippen molar-refractivity contribution in [3.63, 3.8) is 0 Å². The van der Waals surface area contributed by atoms with Crippen molar-refractivity contribution in [2.24, 2.45) is 0 Å². The molecule has 0 aliphatic carbocycles. The summed E-state index contributed by atoms with van der Waals surface area (Å²) in [6, 6.07) is 9.45. The monoisotopic (exact) mass is 119 g/mol. The van der Waals surface area contributed by atoms with Gasteiger partial charge in [0.25, 0.3) is 0 Å². The minimum absolute atomic E-state index is 1.08. The number of benzene rings is 1. The van der Waals surface area contributed by atoms with Crippen molar-refractivity contribution in [3.05, 3.63) is 35.4 Å². The molecule has 1 aromatic carbocycles. The molecule has 0 aromatic heterocycles. The van der Waals surface area contributed by atoms with Gasteiger partial charge in [-0.3, -0.25) is 0 Å². The van der Waals surface area contributed by atoms with Crippen molar-refractivity contribution in [1.82, 2.24) is 0 Å². The van der Waals surface area contributed by atoms with Crippen LogP contribution in [-0.2, 0) is 6.42 Å². The van der Waals surface area contributed by atoms with Crippen LogP contribution in [0.2, 0.25) is 0 Å². The summed E-state index contributed by atoms with van der Waals surface area (Å²) in [7, 11) is 0. The molecule has 9 heavy (non-hydrogen) atoms. The highest BCUT2D eigenvalue weighted by molar-refractivity contribution is 5.19.